The minimum Gasteiger partial charge on any atom is -0.506 e. The van der Waals surface area contributed by atoms with Crippen molar-refractivity contribution in [3.05, 3.63) is 105 Å². The highest BCUT2D eigenvalue weighted by Crippen LogP contribution is 2.41. The molecule has 4 rings (SSSR count). The van der Waals surface area contributed by atoms with Crippen molar-refractivity contribution in [2.45, 2.75) is 13.5 Å². The Hall–Kier alpha value is -3.49. The van der Waals surface area contributed by atoms with Gasteiger partial charge in [0.05, 0.1) is 24.3 Å². The quantitative estimate of drug-likeness (QED) is 0.290. The number of aliphatic hydroxyl groups excluding tert-OH is 1. The van der Waals surface area contributed by atoms with Gasteiger partial charge >= 0.3 is 5.97 Å². The van der Waals surface area contributed by atoms with Gasteiger partial charge in [-0.1, -0.05) is 64.1 Å². The van der Waals surface area contributed by atoms with Gasteiger partial charge in [0.25, 0.3) is 0 Å². The van der Waals surface area contributed by atoms with E-state index in [9.17, 15) is 9.90 Å². The molecule has 0 amide bonds. The number of hydrogen-bond donors (Lipinski definition) is 1. The van der Waals surface area contributed by atoms with Crippen LogP contribution in [0.5, 0.6) is 11.5 Å². The van der Waals surface area contributed by atoms with E-state index in [4.69, 9.17) is 14.2 Å². The lowest BCUT2D eigenvalue weighted by molar-refractivity contribution is -0.138. The normalized spacial score (nSPS) is 15.4. The number of ether oxygens (including phenoxy) is 3. The summed E-state index contributed by atoms with van der Waals surface area (Å²) in [6.45, 7) is 2.30. The third-order valence-corrected chi connectivity index (χ3v) is 6.70. The van der Waals surface area contributed by atoms with Crippen molar-refractivity contribution in [1.29, 1.82) is 0 Å². The van der Waals surface area contributed by atoms with Crippen LogP contribution in [0, 0.1) is 0 Å². The summed E-state index contributed by atoms with van der Waals surface area (Å²) < 4.78 is 17.7. The molecule has 0 aromatic heterocycles. The molecule has 184 valence electrons. The van der Waals surface area contributed by atoms with Crippen LogP contribution in [0.2, 0.25) is 0 Å². The van der Waals surface area contributed by atoms with Crippen molar-refractivity contribution in [3.63, 3.8) is 0 Å². The van der Waals surface area contributed by atoms with Gasteiger partial charge in [0.2, 0.25) is 0 Å². The van der Waals surface area contributed by atoms with Crippen LogP contribution < -0.4 is 9.47 Å². The first-order valence-electron chi connectivity index (χ1n) is 11.2. The lowest BCUT2D eigenvalue weighted by atomic mass is 10.1. The molecule has 1 N–H and O–H groups in total. The molecule has 0 aliphatic carbocycles. The fraction of sp³-hybridized carbons (Fsp3) is 0.143. The van der Waals surface area contributed by atoms with Gasteiger partial charge < -0.3 is 19.3 Å². The molecule has 0 atom stereocenters. The van der Waals surface area contributed by atoms with Crippen molar-refractivity contribution in [3.8, 4) is 11.5 Å². The topological polar surface area (TPSA) is 77.4 Å². The summed E-state index contributed by atoms with van der Waals surface area (Å²) in [6, 6.07) is 22.6. The molecule has 1 aliphatic rings. The summed E-state index contributed by atoms with van der Waals surface area (Å²) in [7, 11) is 1.57. The number of benzene rings is 3. The van der Waals surface area contributed by atoms with Crippen LogP contribution in [0.15, 0.2) is 98.5 Å². The Morgan fingerprint density at radius 3 is 2.50 bits per heavy atom. The van der Waals surface area contributed by atoms with Gasteiger partial charge in [-0.15, -0.1) is 0 Å². The summed E-state index contributed by atoms with van der Waals surface area (Å²) >= 11 is 4.64. The van der Waals surface area contributed by atoms with E-state index in [1.165, 1.54) is 11.8 Å². The van der Waals surface area contributed by atoms with E-state index in [-0.39, 0.29) is 17.9 Å². The van der Waals surface area contributed by atoms with Crippen LogP contribution in [0.4, 0.5) is 5.69 Å². The van der Waals surface area contributed by atoms with Crippen LogP contribution in [0.1, 0.15) is 18.1 Å². The molecule has 0 fully saturated rings. The number of carbonyl (C=O) groups is 1. The summed E-state index contributed by atoms with van der Waals surface area (Å²) in [4.78, 5) is 17.7. The van der Waals surface area contributed by atoms with Crippen molar-refractivity contribution >= 4 is 50.5 Å². The monoisotopic (exact) mass is 565 g/mol. The molecule has 3 aromatic carbocycles. The van der Waals surface area contributed by atoms with Crippen molar-refractivity contribution in [2.24, 2.45) is 4.99 Å². The van der Waals surface area contributed by atoms with Crippen molar-refractivity contribution in [1.82, 2.24) is 0 Å². The van der Waals surface area contributed by atoms with Gasteiger partial charge in [-0.05, 0) is 60.5 Å². The molecule has 0 bridgehead atoms. The maximum Gasteiger partial charge on any atom is 0.344 e. The van der Waals surface area contributed by atoms with Crippen molar-refractivity contribution < 1.29 is 24.1 Å². The third kappa shape index (κ3) is 6.19. The van der Waals surface area contributed by atoms with Crippen LogP contribution >= 0.6 is 27.7 Å². The molecule has 36 heavy (non-hydrogen) atoms. The molecular formula is C28H24BrNO5S. The van der Waals surface area contributed by atoms with E-state index in [0.717, 1.165) is 15.6 Å². The highest BCUT2D eigenvalue weighted by molar-refractivity contribution is 9.10. The first kappa shape index (κ1) is 25.6. The van der Waals surface area contributed by atoms with Gasteiger partial charge in [-0.2, -0.15) is 0 Å². The van der Waals surface area contributed by atoms with E-state index in [0.29, 0.717) is 33.7 Å². The van der Waals surface area contributed by atoms with Crippen LogP contribution in [-0.4, -0.2) is 29.8 Å². The number of aliphatic hydroxyl groups is 1. The second-order valence-corrected chi connectivity index (χ2v) is 9.58. The lowest BCUT2D eigenvalue weighted by Gasteiger charge is -2.12. The Balaban J connectivity index is 1.61. The zero-order chi connectivity index (χ0) is 25.5. The standard InChI is InChI=1S/C28H24BrNO5S/c1-3-34-28(32)25-26(31)24(36-27(25)30-21-7-5-4-6-8-21)16-19-11-14-22(23(15-19)33-2)35-17-18-9-12-20(29)13-10-18/h4-16,31H,3,17H2,1-2H3/b24-16-,30-27?. The second-order valence-electron chi connectivity index (χ2n) is 7.63. The fourth-order valence-corrected chi connectivity index (χ4v) is 4.70. The van der Waals surface area contributed by atoms with E-state index in [1.807, 2.05) is 72.8 Å². The lowest BCUT2D eigenvalue weighted by Crippen LogP contribution is -2.12. The van der Waals surface area contributed by atoms with Gasteiger partial charge in [-0.25, -0.2) is 9.79 Å². The highest BCUT2D eigenvalue weighted by Gasteiger charge is 2.33. The largest absolute Gasteiger partial charge is 0.506 e. The molecule has 3 aromatic rings. The molecular weight excluding hydrogens is 542 g/mol. The number of esters is 1. The SMILES string of the molecule is CCOC(=O)C1=C(O)/C(=C/c2ccc(OCc3ccc(Br)cc3)c(OC)c2)SC1=Nc1ccccc1. The average molecular weight is 566 g/mol. The number of methoxy groups -OCH3 is 1. The first-order chi connectivity index (χ1) is 17.5. The summed E-state index contributed by atoms with van der Waals surface area (Å²) in [5.41, 5.74) is 2.52. The predicted octanol–water partition coefficient (Wildman–Crippen LogP) is 7.23. The van der Waals surface area contributed by atoms with Gasteiger partial charge in [0, 0.05) is 4.47 Å². The Bertz CT molecular complexity index is 1330. The number of halogens is 1. The van der Waals surface area contributed by atoms with E-state index >= 15 is 0 Å². The minimum absolute atomic E-state index is 0.0540. The number of thioether (sulfide) groups is 1. The molecule has 0 unspecified atom stereocenters. The third-order valence-electron chi connectivity index (χ3n) is 5.15. The van der Waals surface area contributed by atoms with Gasteiger partial charge in [0.15, 0.2) is 11.5 Å². The Kier molecular flexibility index (Phi) is 8.51. The van der Waals surface area contributed by atoms with Crippen LogP contribution in [0.25, 0.3) is 6.08 Å². The molecule has 0 spiro atoms. The van der Waals surface area contributed by atoms with Crippen molar-refractivity contribution in [2.75, 3.05) is 13.7 Å². The summed E-state index contributed by atoms with van der Waals surface area (Å²) in [5, 5.41) is 11.3. The molecule has 1 heterocycles. The highest BCUT2D eigenvalue weighted by atomic mass is 79.9. The molecule has 8 heteroatoms. The second kappa shape index (κ2) is 12.0. The number of para-hydroxylation sites is 1. The van der Waals surface area contributed by atoms with E-state index < -0.39 is 5.97 Å². The Labute approximate surface area is 222 Å². The Morgan fingerprint density at radius 2 is 1.81 bits per heavy atom. The number of aliphatic imine (C=N–C) groups is 1. The number of carbonyl (C=O) groups excluding carboxylic acids is 1. The first-order valence-corrected chi connectivity index (χ1v) is 12.8. The summed E-state index contributed by atoms with van der Waals surface area (Å²) in [6.07, 6.45) is 1.77. The van der Waals surface area contributed by atoms with Gasteiger partial charge in [-0.3, -0.25) is 0 Å². The van der Waals surface area contributed by atoms with Gasteiger partial charge in [0.1, 0.15) is 23.0 Å². The fourth-order valence-electron chi connectivity index (χ4n) is 3.40. The summed E-state index contributed by atoms with van der Waals surface area (Å²) in [5.74, 6) is 0.370. The number of hydrogen-bond acceptors (Lipinski definition) is 7. The van der Waals surface area contributed by atoms with E-state index in [2.05, 4.69) is 20.9 Å². The minimum atomic E-state index is -0.616. The molecule has 0 radical (unpaired) electrons. The average Bonchev–Trinajstić information content (AvgIpc) is 3.19. The predicted molar refractivity (Wildman–Crippen MR) is 147 cm³/mol. The zero-order valence-electron chi connectivity index (χ0n) is 19.7. The molecule has 6 nitrogen and oxygen atoms in total. The number of rotatable bonds is 8. The number of nitrogens with zero attached hydrogens (tertiary/aromatic N) is 1. The smallest absolute Gasteiger partial charge is 0.344 e. The Morgan fingerprint density at radius 1 is 1.06 bits per heavy atom. The van der Waals surface area contributed by atoms with Crippen LogP contribution in [0.3, 0.4) is 0 Å². The molecule has 1 aliphatic heterocycles. The maximum absolute atomic E-state index is 12.6. The molecule has 0 saturated heterocycles. The maximum atomic E-state index is 12.6. The molecule has 0 saturated carbocycles. The van der Waals surface area contributed by atoms with Crippen LogP contribution in [-0.2, 0) is 16.1 Å². The zero-order valence-corrected chi connectivity index (χ0v) is 22.1. The van der Waals surface area contributed by atoms with E-state index in [1.54, 1.807) is 20.1 Å².